The molecule has 0 unspecified atom stereocenters. The van der Waals surface area contributed by atoms with Gasteiger partial charge in [0.25, 0.3) is 0 Å². The molecule has 0 atom stereocenters. The summed E-state index contributed by atoms with van der Waals surface area (Å²) in [5.41, 5.74) is 4.92. The molecule has 0 bridgehead atoms. The summed E-state index contributed by atoms with van der Waals surface area (Å²) in [6.45, 7) is 1.16. The van der Waals surface area contributed by atoms with Crippen molar-refractivity contribution in [2.75, 3.05) is 23.8 Å². The van der Waals surface area contributed by atoms with Gasteiger partial charge < -0.3 is 5.73 Å². The number of hydrogen-bond donors (Lipinski definition) is 2. The second-order valence-corrected chi connectivity index (χ2v) is 8.55. The van der Waals surface area contributed by atoms with E-state index in [1.807, 2.05) is 0 Å². The number of sulfone groups is 1. The smallest absolute Gasteiger partial charge is 0.242 e. The normalized spacial score (nSPS) is 12.6. The Bertz CT molecular complexity index is 704. The molecule has 0 heterocycles. The summed E-state index contributed by atoms with van der Waals surface area (Å²) >= 11 is 5.65. The lowest BCUT2D eigenvalue weighted by Gasteiger charge is -2.09. The van der Waals surface area contributed by atoms with Crippen LogP contribution in [0.25, 0.3) is 0 Å². The first-order valence-corrected chi connectivity index (χ1v) is 9.22. The van der Waals surface area contributed by atoms with E-state index in [1.54, 1.807) is 0 Å². The third-order valence-electron chi connectivity index (χ3n) is 2.49. The second kappa shape index (κ2) is 6.25. The first-order valence-electron chi connectivity index (χ1n) is 5.53. The minimum absolute atomic E-state index is 0.0843. The Labute approximate surface area is 122 Å². The van der Waals surface area contributed by atoms with Gasteiger partial charge in [-0.3, -0.25) is 0 Å². The molecule has 1 aromatic rings. The second-order valence-electron chi connectivity index (χ2n) is 3.94. The first kappa shape index (κ1) is 17.2. The van der Waals surface area contributed by atoms with Gasteiger partial charge in [0.05, 0.1) is 16.5 Å². The van der Waals surface area contributed by atoms with E-state index in [-0.39, 0.29) is 28.8 Å². The number of nitrogens with two attached hydrogens (primary N) is 1. The van der Waals surface area contributed by atoms with Crippen LogP contribution in [0.4, 0.5) is 10.1 Å². The van der Waals surface area contributed by atoms with Crippen molar-refractivity contribution in [3.8, 4) is 0 Å². The number of nitrogen functional groups attached to an aromatic ring is 1. The van der Waals surface area contributed by atoms with Gasteiger partial charge in [-0.2, -0.15) is 0 Å². The van der Waals surface area contributed by atoms with Crippen molar-refractivity contribution in [1.82, 2.24) is 4.72 Å². The molecule has 6 nitrogen and oxygen atoms in total. The van der Waals surface area contributed by atoms with Crippen LogP contribution in [-0.2, 0) is 19.9 Å². The van der Waals surface area contributed by atoms with E-state index in [0.29, 0.717) is 0 Å². The largest absolute Gasteiger partial charge is 0.396 e. The van der Waals surface area contributed by atoms with Crippen LogP contribution < -0.4 is 10.5 Å². The van der Waals surface area contributed by atoms with Gasteiger partial charge in [-0.1, -0.05) is 18.5 Å². The van der Waals surface area contributed by atoms with Crippen LogP contribution >= 0.6 is 11.6 Å². The fourth-order valence-electron chi connectivity index (χ4n) is 1.30. The number of nitrogens with one attached hydrogen (secondary N) is 1. The summed E-state index contributed by atoms with van der Waals surface area (Å²) in [5.74, 6) is -1.25. The molecule has 3 N–H and O–H groups in total. The molecule has 0 aliphatic rings. The Morgan fingerprint density at radius 3 is 2.45 bits per heavy atom. The van der Waals surface area contributed by atoms with Crippen molar-refractivity contribution >= 4 is 37.1 Å². The lowest BCUT2D eigenvalue weighted by molar-refractivity contribution is 0.580. The fraction of sp³-hybridized carbons (Fsp3) is 0.400. The molecule has 0 saturated carbocycles. The highest BCUT2D eigenvalue weighted by atomic mass is 35.5. The molecular weight excluding hydrogens is 331 g/mol. The van der Waals surface area contributed by atoms with E-state index in [0.717, 1.165) is 12.1 Å². The van der Waals surface area contributed by atoms with Crippen LogP contribution in [0.15, 0.2) is 17.0 Å². The minimum atomic E-state index is -4.05. The van der Waals surface area contributed by atoms with Crippen molar-refractivity contribution in [1.29, 1.82) is 0 Å². The Morgan fingerprint density at radius 1 is 1.30 bits per heavy atom. The molecule has 0 fully saturated rings. The van der Waals surface area contributed by atoms with Crippen molar-refractivity contribution in [2.24, 2.45) is 0 Å². The van der Waals surface area contributed by atoms with Crippen molar-refractivity contribution in [3.63, 3.8) is 0 Å². The van der Waals surface area contributed by atoms with E-state index in [4.69, 9.17) is 17.3 Å². The zero-order chi connectivity index (χ0) is 15.6. The van der Waals surface area contributed by atoms with E-state index >= 15 is 0 Å². The van der Waals surface area contributed by atoms with Crippen LogP contribution in [0.1, 0.15) is 6.92 Å². The average Bonchev–Trinajstić information content (AvgIpc) is 2.33. The standard InChI is InChI=1S/C10H14ClFN2O4S2/c1-2-19(15,16)4-3-14-20(17,18)10-6-9(13)8(12)5-7(10)11/h5-6,14H,2-4,13H2,1H3. The maximum absolute atomic E-state index is 13.1. The first-order chi connectivity index (χ1) is 9.09. The van der Waals surface area contributed by atoms with E-state index in [1.165, 1.54) is 6.92 Å². The highest BCUT2D eigenvalue weighted by Gasteiger charge is 2.20. The number of benzene rings is 1. The zero-order valence-electron chi connectivity index (χ0n) is 10.6. The maximum atomic E-state index is 13.1. The monoisotopic (exact) mass is 344 g/mol. The molecule has 0 aromatic heterocycles. The molecule has 10 heteroatoms. The van der Waals surface area contributed by atoms with Gasteiger partial charge in [-0.15, -0.1) is 0 Å². The quantitative estimate of drug-likeness (QED) is 0.741. The Balaban J connectivity index is 2.93. The summed E-state index contributed by atoms with van der Waals surface area (Å²) in [4.78, 5) is -0.396. The third kappa shape index (κ3) is 4.30. The highest BCUT2D eigenvalue weighted by molar-refractivity contribution is 7.91. The molecule has 0 amide bonds. The molecule has 0 saturated heterocycles. The fourth-order valence-corrected chi connectivity index (χ4v) is 3.71. The number of sulfonamides is 1. The van der Waals surface area contributed by atoms with Gasteiger partial charge in [0, 0.05) is 12.3 Å². The van der Waals surface area contributed by atoms with E-state index < -0.39 is 30.6 Å². The Hall–Kier alpha value is -0.900. The highest BCUT2D eigenvalue weighted by Crippen LogP contribution is 2.26. The van der Waals surface area contributed by atoms with Gasteiger partial charge in [0.15, 0.2) is 9.84 Å². The Morgan fingerprint density at radius 2 is 1.90 bits per heavy atom. The predicted molar refractivity (Wildman–Crippen MR) is 75.3 cm³/mol. The lowest BCUT2D eigenvalue weighted by Crippen LogP contribution is -2.30. The minimum Gasteiger partial charge on any atom is -0.396 e. The molecule has 20 heavy (non-hydrogen) atoms. The number of halogens is 2. The topological polar surface area (TPSA) is 106 Å². The van der Waals surface area contributed by atoms with Crippen LogP contribution in [0.3, 0.4) is 0 Å². The summed E-state index contributed by atoms with van der Waals surface area (Å²) in [5, 5.41) is -0.331. The molecular formula is C10H14ClFN2O4S2. The summed E-state index contributed by atoms with van der Waals surface area (Å²) in [7, 11) is -7.35. The van der Waals surface area contributed by atoms with Crippen molar-refractivity contribution < 1.29 is 21.2 Å². The molecule has 1 rings (SSSR count). The van der Waals surface area contributed by atoms with Crippen molar-refractivity contribution in [2.45, 2.75) is 11.8 Å². The van der Waals surface area contributed by atoms with Crippen LogP contribution in [-0.4, -0.2) is 34.9 Å². The van der Waals surface area contributed by atoms with E-state index in [2.05, 4.69) is 4.72 Å². The Kier molecular flexibility index (Phi) is 5.36. The zero-order valence-corrected chi connectivity index (χ0v) is 12.9. The van der Waals surface area contributed by atoms with Gasteiger partial charge in [0.2, 0.25) is 10.0 Å². The van der Waals surface area contributed by atoms with E-state index in [9.17, 15) is 21.2 Å². The molecule has 1 aromatic carbocycles. The third-order valence-corrected chi connectivity index (χ3v) is 6.12. The van der Waals surface area contributed by atoms with Crippen LogP contribution in [0, 0.1) is 5.82 Å². The van der Waals surface area contributed by atoms with Gasteiger partial charge in [0.1, 0.15) is 10.7 Å². The average molecular weight is 345 g/mol. The van der Waals surface area contributed by atoms with Gasteiger partial charge in [-0.05, 0) is 12.1 Å². The lowest BCUT2D eigenvalue weighted by atomic mass is 10.3. The van der Waals surface area contributed by atoms with Crippen LogP contribution in [0.2, 0.25) is 5.02 Å². The summed E-state index contributed by atoms with van der Waals surface area (Å²) < 4.78 is 61.5. The number of rotatable bonds is 6. The van der Waals surface area contributed by atoms with Crippen LogP contribution in [0.5, 0.6) is 0 Å². The summed E-state index contributed by atoms with van der Waals surface area (Å²) in [6.07, 6.45) is 0. The number of hydrogen-bond acceptors (Lipinski definition) is 5. The molecule has 114 valence electrons. The number of anilines is 1. The molecule has 0 radical (unpaired) electrons. The summed E-state index contributed by atoms with van der Waals surface area (Å²) in [6, 6.07) is 1.67. The van der Waals surface area contributed by atoms with Gasteiger partial charge in [-0.25, -0.2) is 25.9 Å². The molecule has 0 aliphatic heterocycles. The SMILES string of the molecule is CCS(=O)(=O)CCNS(=O)(=O)c1cc(N)c(F)cc1Cl. The van der Waals surface area contributed by atoms with Gasteiger partial charge >= 0.3 is 0 Å². The van der Waals surface area contributed by atoms with Crippen molar-refractivity contribution in [3.05, 3.63) is 23.0 Å². The molecule has 0 spiro atoms. The maximum Gasteiger partial charge on any atom is 0.242 e. The molecule has 0 aliphatic carbocycles. The predicted octanol–water partition coefficient (Wildman–Crippen LogP) is 0.774.